The fraction of sp³-hybridized carbons (Fsp3) is 0.200. The minimum absolute atomic E-state index is 0.0641. The maximum Gasteiger partial charge on any atom is 0.293 e. The minimum Gasteiger partial charge on any atom is -0.504 e. The largest absolute Gasteiger partial charge is 0.504 e. The number of aromatic hydroxyl groups is 1. The third-order valence-corrected chi connectivity index (χ3v) is 5.48. The van der Waals surface area contributed by atoms with Gasteiger partial charge in [-0.15, -0.1) is 0 Å². The van der Waals surface area contributed by atoms with Crippen LogP contribution in [-0.4, -0.2) is 27.8 Å². The number of ether oxygens (including phenoxy) is 1. The van der Waals surface area contributed by atoms with E-state index in [0.29, 0.717) is 22.4 Å². The van der Waals surface area contributed by atoms with E-state index >= 15 is 0 Å². The topological polar surface area (TPSA) is 66.8 Å². The molecule has 3 rings (SSSR count). The van der Waals surface area contributed by atoms with Crippen molar-refractivity contribution in [3.63, 3.8) is 0 Å². The van der Waals surface area contributed by atoms with Gasteiger partial charge in [-0.1, -0.05) is 40.2 Å². The van der Waals surface area contributed by atoms with Crippen molar-refractivity contribution < 1.29 is 19.4 Å². The molecule has 0 aromatic heterocycles. The number of carbonyl (C=O) groups excluding carboxylic acids is 2. The average Bonchev–Trinajstić information content (AvgIpc) is 2.88. The third-order valence-electron chi connectivity index (χ3n) is 4.12. The Morgan fingerprint density at radius 2 is 2.00 bits per heavy atom. The summed E-state index contributed by atoms with van der Waals surface area (Å²) in [5, 5.41) is 10.1. The molecule has 0 unspecified atom stereocenters. The van der Waals surface area contributed by atoms with Gasteiger partial charge in [-0.05, 0) is 54.9 Å². The van der Waals surface area contributed by atoms with Gasteiger partial charge in [-0.3, -0.25) is 14.5 Å². The highest BCUT2D eigenvalue weighted by atomic mass is 79.9. The predicted octanol–water partition coefficient (Wildman–Crippen LogP) is 5.10. The Bertz CT molecular complexity index is 942. The van der Waals surface area contributed by atoms with E-state index in [0.717, 1.165) is 22.9 Å². The first kappa shape index (κ1) is 19.5. The van der Waals surface area contributed by atoms with Crippen molar-refractivity contribution in [2.24, 2.45) is 0 Å². The number of halogens is 1. The van der Waals surface area contributed by atoms with Crippen molar-refractivity contribution in [2.75, 3.05) is 6.61 Å². The van der Waals surface area contributed by atoms with Crippen molar-refractivity contribution in [2.45, 2.75) is 20.4 Å². The number of amides is 2. The molecule has 0 radical (unpaired) electrons. The zero-order valence-corrected chi connectivity index (χ0v) is 17.3. The van der Waals surface area contributed by atoms with Gasteiger partial charge in [0.2, 0.25) is 0 Å². The van der Waals surface area contributed by atoms with Crippen LogP contribution in [0, 0.1) is 6.92 Å². The molecule has 1 saturated heterocycles. The molecule has 27 heavy (non-hydrogen) atoms. The summed E-state index contributed by atoms with van der Waals surface area (Å²) in [5.74, 6) is -0.117. The second-order valence-corrected chi connectivity index (χ2v) is 7.88. The number of phenols is 1. The van der Waals surface area contributed by atoms with Crippen molar-refractivity contribution in [3.8, 4) is 11.5 Å². The first-order valence-corrected chi connectivity index (χ1v) is 9.96. The summed E-state index contributed by atoms with van der Waals surface area (Å²) >= 11 is 4.23. The summed E-state index contributed by atoms with van der Waals surface area (Å²) in [7, 11) is 0. The van der Waals surface area contributed by atoms with Crippen molar-refractivity contribution in [1.29, 1.82) is 0 Å². The number of benzene rings is 2. The lowest BCUT2D eigenvalue weighted by atomic mass is 10.1. The van der Waals surface area contributed by atoms with Gasteiger partial charge < -0.3 is 9.84 Å². The Hall–Kier alpha value is -2.25. The van der Waals surface area contributed by atoms with Gasteiger partial charge in [0, 0.05) is 10.0 Å². The van der Waals surface area contributed by atoms with Crippen LogP contribution in [0.1, 0.15) is 23.6 Å². The normalized spacial score (nSPS) is 15.7. The fourth-order valence-corrected chi connectivity index (χ4v) is 3.99. The molecule has 1 aliphatic heterocycles. The second kappa shape index (κ2) is 8.19. The summed E-state index contributed by atoms with van der Waals surface area (Å²) in [6.07, 6.45) is 1.52. The smallest absolute Gasteiger partial charge is 0.293 e. The van der Waals surface area contributed by atoms with Crippen LogP contribution < -0.4 is 4.74 Å². The highest BCUT2D eigenvalue weighted by Crippen LogP contribution is 2.39. The number of hydrogen-bond donors (Lipinski definition) is 1. The van der Waals surface area contributed by atoms with Gasteiger partial charge in [0.25, 0.3) is 11.1 Å². The molecule has 1 N–H and O–H groups in total. The Morgan fingerprint density at radius 3 is 2.70 bits per heavy atom. The summed E-state index contributed by atoms with van der Waals surface area (Å²) in [5.41, 5.74) is 2.35. The van der Waals surface area contributed by atoms with E-state index in [1.165, 1.54) is 11.0 Å². The number of nitrogens with zero attached hydrogens (tertiary/aromatic N) is 1. The van der Waals surface area contributed by atoms with Gasteiger partial charge in [-0.25, -0.2) is 0 Å². The molecular weight excluding hydrogens is 430 g/mol. The lowest BCUT2D eigenvalue weighted by Crippen LogP contribution is -2.27. The number of hydrogen-bond acceptors (Lipinski definition) is 5. The lowest BCUT2D eigenvalue weighted by Gasteiger charge is -2.14. The predicted molar refractivity (Wildman–Crippen MR) is 110 cm³/mol. The van der Waals surface area contributed by atoms with Crippen LogP contribution in [0.2, 0.25) is 0 Å². The van der Waals surface area contributed by atoms with E-state index in [-0.39, 0.29) is 28.3 Å². The first-order valence-electron chi connectivity index (χ1n) is 8.36. The van der Waals surface area contributed by atoms with Crippen molar-refractivity contribution in [3.05, 3.63) is 62.5 Å². The van der Waals surface area contributed by atoms with Gasteiger partial charge in [-0.2, -0.15) is 0 Å². The lowest BCUT2D eigenvalue weighted by molar-refractivity contribution is -0.123. The van der Waals surface area contributed by atoms with E-state index in [1.54, 1.807) is 12.1 Å². The van der Waals surface area contributed by atoms with E-state index < -0.39 is 0 Å². The van der Waals surface area contributed by atoms with Gasteiger partial charge in [0.1, 0.15) is 0 Å². The SMILES string of the molecule is CCOc1cc(Br)cc(/C=C2\SC(=O)N(Cc3ccccc3C)C2=O)c1O. The van der Waals surface area contributed by atoms with E-state index in [2.05, 4.69) is 15.9 Å². The molecule has 1 aliphatic rings. The van der Waals surface area contributed by atoms with Gasteiger partial charge in [0.05, 0.1) is 18.1 Å². The third kappa shape index (κ3) is 4.20. The molecule has 1 fully saturated rings. The second-order valence-electron chi connectivity index (χ2n) is 5.97. The van der Waals surface area contributed by atoms with Crippen LogP contribution in [0.4, 0.5) is 4.79 Å². The zero-order valence-electron chi connectivity index (χ0n) is 14.9. The Kier molecular flexibility index (Phi) is 5.92. The summed E-state index contributed by atoms with van der Waals surface area (Å²) in [6, 6.07) is 11.0. The maximum atomic E-state index is 12.7. The van der Waals surface area contributed by atoms with Crippen molar-refractivity contribution in [1.82, 2.24) is 4.90 Å². The number of imide groups is 1. The molecular formula is C20H18BrNO4S. The Labute approximate surface area is 170 Å². The zero-order chi connectivity index (χ0) is 19.6. The minimum atomic E-state index is -0.370. The standard InChI is InChI=1S/C20H18BrNO4S/c1-3-26-16-10-15(21)8-14(18(16)23)9-17-19(24)22(20(25)27-17)11-13-7-5-4-6-12(13)2/h4-10,23H,3,11H2,1-2H3/b17-9-. The molecule has 0 aliphatic carbocycles. The van der Waals surface area contributed by atoms with Crippen LogP contribution in [0.3, 0.4) is 0 Å². The highest BCUT2D eigenvalue weighted by Gasteiger charge is 2.35. The molecule has 0 spiro atoms. The number of rotatable bonds is 5. The molecule has 140 valence electrons. The molecule has 2 aromatic carbocycles. The maximum absolute atomic E-state index is 12.7. The van der Waals surface area contributed by atoms with E-state index in [4.69, 9.17) is 4.74 Å². The monoisotopic (exact) mass is 447 g/mol. The first-order chi connectivity index (χ1) is 12.9. The van der Waals surface area contributed by atoms with Gasteiger partial charge in [0.15, 0.2) is 11.5 Å². The van der Waals surface area contributed by atoms with Crippen molar-refractivity contribution >= 4 is 44.9 Å². The highest BCUT2D eigenvalue weighted by molar-refractivity contribution is 9.10. The molecule has 1 heterocycles. The van der Waals surface area contributed by atoms with E-state index in [9.17, 15) is 14.7 Å². The number of aryl methyl sites for hydroxylation is 1. The molecule has 0 bridgehead atoms. The molecule has 0 saturated carbocycles. The van der Waals surface area contributed by atoms with Crippen LogP contribution >= 0.6 is 27.7 Å². The Morgan fingerprint density at radius 1 is 1.26 bits per heavy atom. The van der Waals surface area contributed by atoms with Crippen LogP contribution in [-0.2, 0) is 11.3 Å². The molecule has 2 aromatic rings. The van der Waals surface area contributed by atoms with Crippen LogP contribution in [0.5, 0.6) is 11.5 Å². The Balaban J connectivity index is 1.90. The van der Waals surface area contributed by atoms with Crippen LogP contribution in [0.15, 0.2) is 45.8 Å². The fourth-order valence-electron chi connectivity index (χ4n) is 2.71. The summed E-state index contributed by atoms with van der Waals surface area (Å²) in [6.45, 7) is 4.38. The number of thioether (sulfide) groups is 1. The molecule has 2 amide bonds. The molecule has 7 heteroatoms. The number of phenolic OH excluding ortho intramolecular Hbond substituents is 1. The average molecular weight is 448 g/mol. The molecule has 0 atom stereocenters. The van der Waals surface area contributed by atoms with Gasteiger partial charge >= 0.3 is 0 Å². The van der Waals surface area contributed by atoms with Crippen LogP contribution in [0.25, 0.3) is 6.08 Å². The quantitative estimate of drug-likeness (QED) is 0.645. The summed E-state index contributed by atoms with van der Waals surface area (Å²) in [4.78, 5) is 26.6. The summed E-state index contributed by atoms with van der Waals surface area (Å²) < 4.78 is 6.11. The van der Waals surface area contributed by atoms with E-state index in [1.807, 2.05) is 38.1 Å². The number of carbonyl (C=O) groups is 2. The molecule has 5 nitrogen and oxygen atoms in total.